The van der Waals surface area contributed by atoms with Crippen LogP contribution in [0.1, 0.15) is 13.8 Å². The molecule has 0 unspecified atom stereocenters. The average molecular weight is 179 g/mol. The Balaban J connectivity index is 2.74. The number of allylic oxidation sites excluding steroid dienone is 4. The van der Waals surface area contributed by atoms with E-state index in [9.17, 15) is 9.59 Å². The van der Waals surface area contributed by atoms with Gasteiger partial charge in [0.05, 0.1) is 0 Å². The molecule has 0 aliphatic heterocycles. The van der Waals surface area contributed by atoms with Crippen LogP contribution in [0, 0.1) is 0 Å². The van der Waals surface area contributed by atoms with Crippen molar-refractivity contribution in [1.82, 2.24) is 0 Å². The molecule has 0 atom stereocenters. The molecule has 0 fully saturated rings. The number of oxime groups is 1. The molecule has 0 saturated heterocycles. The van der Waals surface area contributed by atoms with Crippen LogP contribution in [0.25, 0.3) is 0 Å². The molecule has 0 amide bonds. The zero-order chi connectivity index (χ0) is 9.84. The lowest BCUT2D eigenvalue weighted by atomic mass is 10.1. The fraction of sp³-hybridized carbons (Fsp3) is 0.222. The molecule has 0 heterocycles. The van der Waals surface area contributed by atoms with Gasteiger partial charge in [-0.15, -0.1) is 0 Å². The van der Waals surface area contributed by atoms with Crippen LogP contribution in [0.4, 0.5) is 0 Å². The standard InChI is InChI=1S/C9H9NO3/c1-6-5-8(3-4-9(6)12)10-13-7(2)11/h3-5H,1-2H3/b10-8+. The molecule has 4 nitrogen and oxygen atoms in total. The third-order valence-electron chi connectivity index (χ3n) is 1.44. The van der Waals surface area contributed by atoms with Crippen LogP contribution in [-0.2, 0) is 14.4 Å². The number of nitrogens with zero attached hydrogens (tertiary/aromatic N) is 1. The van der Waals surface area contributed by atoms with Gasteiger partial charge in [0, 0.05) is 6.92 Å². The van der Waals surface area contributed by atoms with E-state index in [1.165, 1.54) is 19.1 Å². The first kappa shape index (κ1) is 9.38. The van der Waals surface area contributed by atoms with Gasteiger partial charge >= 0.3 is 5.97 Å². The quantitative estimate of drug-likeness (QED) is 0.342. The molecule has 68 valence electrons. The van der Waals surface area contributed by atoms with Gasteiger partial charge in [-0.1, -0.05) is 5.16 Å². The molecular weight excluding hydrogens is 170 g/mol. The predicted molar refractivity (Wildman–Crippen MR) is 47.1 cm³/mol. The number of hydrogen-bond acceptors (Lipinski definition) is 4. The van der Waals surface area contributed by atoms with E-state index in [0.717, 1.165) is 0 Å². The van der Waals surface area contributed by atoms with Crippen LogP contribution in [0.3, 0.4) is 0 Å². The van der Waals surface area contributed by atoms with Gasteiger partial charge in [0.15, 0.2) is 5.78 Å². The van der Waals surface area contributed by atoms with Gasteiger partial charge in [-0.05, 0) is 30.7 Å². The van der Waals surface area contributed by atoms with Crippen molar-refractivity contribution in [3.8, 4) is 0 Å². The fourth-order valence-electron chi connectivity index (χ4n) is 0.807. The van der Waals surface area contributed by atoms with Crippen LogP contribution in [-0.4, -0.2) is 17.5 Å². The van der Waals surface area contributed by atoms with Crippen LogP contribution in [0.2, 0.25) is 0 Å². The molecule has 0 N–H and O–H groups in total. The van der Waals surface area contributed by atoms with Gasteiger partial charge in [0.2, 0.25) is 0 Å². The maximum atomic E-state index is 11.0. The van der Waals surface area contributed by atoms with E-state index < -0.39 is 5.97 Å². The Kier molecular flexibility index (Phi) is 2.74. The largest absolute Gasteiger partial charge is 0.331 e. The van der Waals surface area contributed by atoms with Crippen molar-refractivity contribution in [3.05, 3.63) is 23.8 Å². The monoisotopic (exact) mass is 179 g/mol. The Morgan fingerprint density at radius 3 is 2.69 bits per heavy atom. The van der Waals surface area contributed by atoms with E-state index in [-0.39, 0.29) is 5.78 Å². The van der Waals surface area contributed by atoms with Crippen molar-refractivity contribution in [2.75, 3.05) is 0 Å². The zero-order valence-electron chi connectivity index (χ0n) is 7.40. The van der Waals surface area contributed by atoms with E-state index in [1.807, 2.05) is 0 Å². The molecule has 0 radical (unpaired) electrons. The van der Waals surface area contributed by atoms with Crippen molar-refractivity contribution < 1.29 is 14.4 Å². The summed E-state index contributed by atoms with van der Waals surface area (Å²) in [5, 5.41) is 3.52. The van der Waals surface area contributed by atoms with Gasteiger partial charge in [-0.25, -0.2) is 4.79 Å². The van der Waals surface area contributed by atoms with Gasteiger partial charge < -0.3 is 4.84 Å². The second kappa shape index (κ2) is 3.80. The zero-order valence-corrected chi connectivity index (χ0v) is 7.40. The highest BCUT2D eigenvalue weighted by atomic mass is 16.7. The predicted octanol–water partition coefficient (Wildman–Crippen LogP) is 0.991. The minimum Gasteiger partial charge on any atom is -0.318 e. The molecule has 13 heavy (non-hydrogen) atoms. The van der Waals surface area contributed by atoms with E-state index in [4.69, 9.17) is 0 Å². The van der Waals surface area contributed by atoms with E-state index in [1.54, 1.807) is 13.0 Å². The minimum absolute atomic E-state index is 0.0539. The average Bonchev–Trinajstić information content (AvgIpc) is 2.07. The Morgan fingerprint density at radius 2 is 2.15 bits per heavy atom. The first-order valence-electron chi connectivity index (χ1n) is 3.76. The molecule has 1 aliphatic carbocycles. The van der Waals surface area contributed by atoms with Crippen LogP contribution in [0.5, 0.6) is 0 Å². The number of rotatable bonds is 1. The number of carbonyl (C=O) groups excluding carboxylic acids is 2. The maximum Gasteiger partial charge on any atom is 0.331 e. The van der Waals surface area contributed by atoms with E-state index >= 15 is 0 Å². The van der Waals surface area contributed by atoms with Gasteiger partial charge in [0.1, 0.15) is 5.71 Å². The Morgan fingerprint density at radius 1 is 1.46 bits per heavy atom. The normalized spacial score (nSPS) is 18.8. The van der Waals surface area contributed by atoms with Gasteiger partial charge in [-0.3, -0.25) is 4.79 Å². The molecule has 0 spiro atoms. The summed E-state index contributed by atoms with van der Waals surface area (Å²) in [6, 6.07) is 0. The molecular formula is C9H9NO3. The minimum atomic E-state index is -0.483. The molecule has 4 heteroatoms. The molecule has 1 aliphatic rings. The summed E-state index contributed by atoms with van der Waals surface area (Å²) in [5.74, 6) is -0.536. The van der Waals surface area contributed by atoms with Crippen LogP contribution < -0.4 is 0 Å². The summed E-state index contributed by atoms with van der Waals surface area (Å²) in [5.41, 5.74) is 1.04. The molecule has 0 aromatic rings. The maximum absolute atomic E-state index is 11.0. The molecule has 0 aromatic heterocycles. The summed E-state index contributed by atoms with van der Waals surface area (Å²) in [6.45, 7) is 2.94. The second-order valence-corrected chi connectivity index (χ2v) is 2.62. The Bertz CT molecular complexity index is 337. The lowest BCUT2D eigenvalue weighted by Gasteiger charge is -2.01. The first-order chi connectivity index (χ1) is 6.09. The summed E-state index contributed by atoms with van der Waals surface area (Å²) in [7, 11) is 0. The molecule has 0 saturated carbocycles. The smallest absolute Gasteiger partial charge is 0.318 e. The Hall–Kier alpha value is -1.71. The highest BCUT2D eigenvalue weighted by Crippen LogP contribution is 2.04. The highest BCUT2D eigenvalue weighted by molar-refractivity contribution is 6.18. The summed E-state index contributed by atoms with van der Waals surface area (Å²) < 4.78 is 0. The number of ketones is 1. The number of hydrogen-bond donors (Lipinski definition) is 0. The molecule has 0 bridgehead atoms. The van der Waals surface area contributed by atoms with Crippen LogP contribution in [0.15, 0.2) is 29.0 Å². The molecule has 0 aromatic carbocycles. The molecule has 1 rings (SSSR count). The van der Waals surface area contributed by atoms with Gasteiger partial charge in [0.25, 0.3) is 0 Å². The summed E-state index contributed by atoms with van der Waals surface area (Å²) >= 11 is 0. The second-order valence-electron chi connectivity index (χ2n) is 2.62. The highest BCUT2D eigenvalue weighted by Gasteiger charge is 2.07. The summed E-state index contributed by atoms with van der Waals surface area (Å²) in [4.78, 5) is 25.8. The fourth-order valence-corrected chi connectivity index (χ4v) is 0.807. The van der Waals surface area contributed by atoms with Crippen molar-refractivity contribution in [1.29, 1.82) is 0 Å². The lowest BCUT2D eigenvalue weighted by molar-refractivity contribution is -0.140. The Labute approximate surface area is 75.6 Å². The van der Waals surface area contributed by atoms with Crippen molar-refractivity contribution in [2.45, 2.75) is 13.8 Å². The van der Waals surface area contributed by atoms with Crippen LogP contribution >= 0.6 is 0 Å². The topological polar surface area (TPSA) is 55.7 Å². The van der Waals surface area contributed by atoms with E-state index in [0.29, 0.717) is 11.3 Å². The lowest BCUT2D eigenvalue weighted by Crippen LogP contribution is -2.06. The van der Waals surface area contributed by atoms with Crippen molar-refractivity contribution in [3.63, 3.8) is 0 Å². The third kappa shape index (κ3) is 2.66. The van der Waals surface area contributed by atoms with Crippen molar-refractivity contribution >= 4 is 17.5 Å². The number of carbonyl (C=O) groups is 2. The summed E-state index contributed by atoms with van der Waals surface area (Å²) in [6.07, 6.45) is 4.45. The first-order valence-corrected chi connectivity index (χ1v) is 3.76. The third-order valence-corrected chi connectivity index (χ3v) is 1.44. The van der Waals surface area contributed by atoms with Gasteiger partial charge in [-0.2, -0.15) is 0 Å². The SMILES string of the molecule is CC(=O)O/N=C1\C=CC(=O)C(C)=C1. The van der Waals surface area contributed by atoms with Crippen molar-refractivity contribution in [2.24, 2.45) is 5.16 Å². The van der Waals surface area contributed by atoms with E-state index in [2.05, 4.69) is 9.99 Å².